The van der Waals surface area contributed by atoms with Gasteiger partial charge in [0.1, 0.15) is 12.4 Å². The highest BCUT2D eigenvalue weighted by Gasteiger charge is 2.28. The Balaban J connectivity index is 1.43. The van der Waals surface area contributed by atoms with E-state index in [1.807, 2.05) is 56.4 Å². The third kappa shape index (κ3) is 3.28. The van der Waals surface area contributed by atoms with Gasteiger partial charge in [-0.1, -0.05) is 18.2 Å². The summed E-state index contributed by atoms with van der Waals surface area (Å²) in [5, 5.41) is 7.39. The van der Waals surface area contributed by atoms with Crippen molar-refractivity contribution >= 4 is 27.8 Å². The summed E-state index contributed by atoms with van der Waals surface area (Å²) < 4.78 is 12.7. The van der Waals surface area contributed by atoms with Gasteiger partial charge in [0.2, 0.25) is 0 Å². The molecule has 6 heteroatoms. The first-order chi connectivity index (χ1) is 14.5. The maximum absolute atomic E-state index is 13.0. The van der Waals surface area contributed by atoms with Crippen molar-refractivity contribution in [1.29, 1.82) is 0 Å². The Kier molecular flexibility index (Phi) is 4.42. The number of aromatic nitrogens is 3. The minimum Gasteiger partial charge on any atom is -0.497 e. The van der Waals surface area contributed by atoms with Crippen molar-refractivity contribution in [2.45, 2.75) is 32.3 Å². The Morgan fingerprint density at radius 3 is 2.67 bits per heavy atom. The number of carbonyl (C=O) groups excluding carboxylic acids is 1. The van der Waals surface area contributed by atoms with Gasteiger partial charge in [-0.3, -0.25) is 4.68 Å². The van der Waals surface area contributed by atoms with E-state index in [0.717, 1.165) is 57.3 Å². The van der Waals surface area contributed by atoms with Gasteiger partial charge in [0.15, 0.2) is 5.65 Å². The molecule has 1 aliphatic rings. The quantitative estimate of drug-likeness (QED) is 0.455. The van der Waals surface area contributed by atoms with E-state index in [-0.39, 0.29) is 12.6 Å². The maximum Gasteiger partial charge on any atom is 0.339 e. The molecule has 1 saturated carbocycles. The number of carbonyl (C=O) groups is 1. The van der Waals surface area contributed by atoms with Crippen molar-refractivity contribution in [3.8, 4) is 5.75 Å². The standard InChI is InChI=1S/C24H23N3O3/c1-14-22-20(12-21(16-6-7-16)25-23(22)27(2)26-14)24(28)30-13-15-4-5-18-11-19(29-3)9-8-17(18)10-15/h4-5,8-12,16H,6-7,13H2,1-3H3. The van der Waals surface area contributed by atoms with E-state index in [4.69, 9.17) is 14.5 Å². The molecule has 0 N–H and O–H groups in total. The van der Waals surface area contributed by atoms with Gasteiger partial charge in [0, 0.05) is 18.7 Å². The van der Waals surface area contributed by atoms with Crippen molar-refractivity contribution in [2.75, 3.05) is 7.11 Å². The van der Waals surface area contributed by atoms with Crippen LogP contribution in [0.1, 0.15) is 46.1 Å². The molecule has 1 fully saturated rings. The van der Waals surface area contributed by atoms with Crippen molar-refractivity contribution in [3.05, 3.63) is 65.0 Å². The monoisotopic (exact) mass is 401 g/mol. The number of pyridine rings is 1. The van der Waals surface area contributed by atoms with Crippen LogP contribution in [-0.2, 0) is 18.4 Å². The highest BCUT2D eigenvalue weighted by Crippen LogP contribution is 2.40. The minimum absolute atomic E-state index is 0.211. The Labute approximate surface area is 174 Å². The zero-order chi connectivity index (χ0) is 20.8. The van der Waals surface area contributed by atoms with Crippen LogP contribution in [0.3, 0.4) is 0 Å². The zero-order valence-electron chi connectivity index (χ0n) is 17.3. The number of nitrogens with zero attached hydrogens (tertiary/aromatic N) is 3. The fraction of sp³-hybridized carbons (Fsp3) is 0.292. The summed E-state index contributed by atoms with van der Waals surface area (Å²) in [5.74, 6) is 0.922. The highest BCUT2D eigenvalue weighted by molar-refractivity contribution is 6.04. The first-order valence-corrected chi connectivity index (χ1v) is 10.1. The van der Waals surface area contributed by atoms with Gasteiger partial charge >= 0.3 is 5.97 Å². The topological polar surface area (TPSA) is 66.2 Å². The van der Waals surface area contributed by atoms with Crippen molar-refractivity contribution in [1.82, 2.24) is 14.8 Å². The molecule has 30 heavy (non-hydrogen) atoms. The predicted molar refractivity (Wildman–Crippen MR) is 115 cm³/mol. The van der Waals surface area contributed by atoms with Crippen molar-refractivity contribution < 1.29 is 14.3 Å². The number of hydrogen-bond donors (Lipinski definition) is 0. The SMILES string of the molecule is COc1ccc2cc(COC(=O)c3cc(C4CC4)nc4c3c(C)nn4C)ccc2c1. The second-order valence-corrected chi connectivity index (χ2v) is 7.90. The molecule has 2 heterocycles. The van der Waals surface area contributed by atoms with Crippen LogP contribution in [0.4, 0.5) is 0 Å². The van der Waals surface area contributed by atoms with E-state index in [1.165, 1.54) is 0 Å². The minimum atomic E-state index is -0.338. The third-order valence-corrected chi connectivity index (χ3v) is 5.69. The summed E-state index contributed by atoms with van der Waals surface area (Å²) in [6.07, 6.45) is 2.23. The van der Waals surface area contributed by atoms with Gasteiger partial charge in [0.05, 0.1) is 23.8 Å². The molecule has 2 aromatic heterocycles. The predicted octanol–water partition coefficient (Wildman–Crippen LogP) is 4.67. The molecule has 0 radical (unpaired) electrons. The molecule has 0 aliphatic heterocycles. The van der Waals surface area contributed by atoms with Crippen LogP contribution < -0.4 is 4.74 Å². The highest BCUT2D eigenvalue weighted by atomic mass is 16.5. The van der Waals surface area contributed by atoms with Crippen molar-refractivity contribution in [3.63, 3.8) is 0 Å². The first kappa shape index (κ1) is 18.6. The first-order valence-electron chi connectivity index (χ1n) is 10.1. The van der Waals surface area contributed by atoms with Gasteiger partial charge in [-0.25, -0.2) is 9.78 Å². The van der Waals surface area contributed by atoms with Gasteiger partial charge < -0.3 is 9.47 Å². The van der Waals surface area contributed by atoms with E-state index in [2.05, 4.69) is 5.10 Å². The van der Waals surface area contributed by atoms with Crippen LogP contribution in [0.15, 0.2) is 42.5 Å². The molecule has 0 atom stereocenters. The van der Waals surface area contributed by atoms with Crippen molar-refractivity contribution in [2.24, 2.45) is 7.05 Å². The Morgan fingerprint density at radius 2 is 1.90 bits per heavy atom. The lowest BCUT2D eigenvalue weighted by Gasteiger charge is -2.09. The molecule has 5 rings (SSSR count). The Morgan fingerprint density at radius 1 is 1.13 bits per heavy atom. The fourth-order valence-electron chi connectivity index (χ4n) is 3.93. The number of rotatable bonds is 5. The molecule has 2 aromatic carbocycles. The molecular formula is C24H23N3O3. The number of esters is 1. The average molecular weight is 401 g/mol. The summed E-state index contributed by atoms with van der Waals surface area (Å²) in [6, 6.07) is 13.8. The molecule has 0 amide bonds. The number of methoxy groups -OCH3 is 1. The van der Waals surface area contributed by atoms with Crippen LogP contribution in [0.5, 0.6) is 5.75 Å². The second-order valence-electron chi connectivity index (χ2n) is 7.90. The number of fused-ring (bicyclic) bond motifs is 2. The summed E-state index contributed by atoms with van der Waals surface area (Å²) >= 11 is 0. The third-order valence-electron chi connectivity index (χ3n) is 5.69. The molecule has 4 aromatic rings. The molecular weight excluding hydrogens is 378 g/mol. The van der Waals surface area contributed by atoms with Gasteiger partial charge in [-0.2, -0.15) is 5.10 Å². The second kappa shape index (κ2) is 7.13. The van der Waals surface area contributed by atoms with E-state index in [0.29, 0.717) is 11.5 Å². The van der Waals surface area contributed by atoms with Crippen LogP contribution in [0.2, 0.25) is 0 Å². The van der Waals surface area contributed by atoms with Crippen LogP contribution in [0.25, 0.3) is 21.8 Å². The van der Waals surface area contributed by atoms with Crippen LogP contribution in [0, 0.1) is 6.92 Å². The molecule has 6 nitrogen and oxygen atoms in total. The smallest absolute Gasteiger partial charge is 0.339 e. The molecule has 152 valence electrons. The maximum atomic E-state index is 13.0. The van der Waals surface area contributed by atoms with E-state index >= 15 is 0 Å². The summed E-state index contributed by atoms with van der Waals surface area (Å²) in [5.41, 5.74) is 3.98. The largest absolute Gasteiger partial charge is 0.497 e. The molecule has 0 spiro atoms. The number of ether oxygens (including phenoxy) is 2. The number of hydrogen-bond acceptors (Lipinski definition) is 5. The molecule has 0 saturated heterocycles. The average Bonchev–Trinajstić information content (AvgIpc) is 3.57. The fourth-order valence-corrected chi connectivity index (χ4v) is 3.93. The van der Waals surface area contributed by atoms with E-state index in [9.17, 15) is 4.79 Å². The summed E-state index contributed by atoms with van der Waals surface area (Å²) in [7, 11) is 3.52. The molecule has 1 aliphatic carbocycles. The lowest BCUT2D eigenvalue weighted by molar-refractivity contribution is 0.0475. The summed E-state index contributed by atoms with van der Waals surface area (Å²) in [6.45, 7) is 2.11. The summed E-state index contributed by atoms with van der Waals surface area (Å²) in [4.78, 5) is 17.8. The zero-order valence-corrected chi connectivity index (χ0v) is 17.3. The van der Waals surface area contributed by atoms with Gasteiger partial charge in [-0.05, 0) is 60.4 Å². The number of benzene rings is 2. The lowest BCUT2D eigenvalue weighted by atomic mass is 10.1. The van der Waals surface area contributed by atoms with Crippen LogP contribution >= 0.6 is 0 Å². The molecule has 0 unspecified atom stereocenters. The lowest BCUT2D eigenvalue weighted by Crippen LogP contribution is -2.08. The number of aryl methyl sites for hydroxylation is 2. The Bertz CT molecular complexity index is 1290. The van der Waals surface area contributed by atoms with E-state index in [1.54, 1.807) is 11.8 Å². The van der Waals surface area contributed by atoms with E-state index < -0.39 is 0 Å². The van der Waals surface area contributed by atoms with Gasteiger partial charge in [-0.15, -0.1) is 0 Å². The Hall–Kier alpha value is -3.41. The van der Waals surface area contributed by atoms with Gasteiger partial charge in [0.25, 0.3) is 0 Å². The normalized spacial score (nSPS) is 13.7. The van der Waals surface area contributed by atoms with Crippen LogP contribution in [-0.4, -0.2) is 27.8 Å². The molecule has 0 bridgehead atoms.